The SMILES string of the molecule is CCN(CC(=O)Nc1ccc(OC)cc1)CC(=O)Nc1ccc2[nH]c(=O)[nH]c2c1. The predicted molar refractivity (Wildman–Crippen MR) is 111 cm³/mol. The van der Waals surface area contributed by atoms with Crippen LogP contribution in [-0.2, 0) is 9.59 Å². The second-order valence-corrected chi connectivity index (χ2v) is 6.47. The number of nitrogens with one attached hydrogen (secondary N) is 4. The third kappa shape index (κ3) is 5.45. The molecule has 1 heterocycles. The van der Waals surface area contributed by atoms with Crippen molar-refractivity contribution in [3.05, 3.63) is 52.9 Å². The van der Waals surface area contributed by atoms with Crippen LogP contribution in [0.5, 0.6) is 5.75 Å². The lowest BCUT2D eigenvalue weighted by molar-refractivity contribution is -0.119. The molecule has 152 valence electrons. The summed E-state index contributed by atoms with van der Waals surface area (Å²) in [7, 11) is 1.58. The Balaban J connectivity index is 1.54. The highest BCUT2D eigenvalue weighted by atomic mass is 16.5. The van der Waals surface area contributed by atoms with E-state index in [0.717, 1.165) is 0 Å². The Kier molecular flexibility index (Phi) is 6.30. The number of benzene rings is 2. The monoisotopic (exact) mass is 397 g/mol. The topological polar surface area (TPSA) is 119 Å². The van der Waals surface area contributed by atoms with Crippen LogP contribution in [0.15, 0.2) is 47.3 Å². The van der Waals surface area contributed by atoms with Crippen LogP contribution in [0.2, 0.25) is 0 Å². The van der Waals surface area contributed by atoms with Crippen LogP contribution in [0.4, 0.5) is 11.4 Å². The quantitative estimate of drug-likeness (QED) is 0.462. The third-order valence-corrected chi connectivity index (χ3v) is 4.36. The van der Waals surface area contributed by atoms with Gasteiger partial charge in [-0.2, -0.15) is 0 Å². The molecule has 2 aromatic carbocycles. The van der Waals surface area contributed by atoms with E-state index in [1.807, 2.05) is 6.92 Å². The number of hydrogen-bond donors (Lipinski definition) is 4. The van der Waals surface area contributed by atoms with Crippen molar-refractivity contribution in [3.8, 4) is 5.75 Å². The van der Waals surface area contributed by atoms with Crippen molar-refractivity contribution in [2.45, 2.75) is 6.92 Å². The molecular weight excluding hydrogens is 374 g/mol. The molecule has 0 bridgehead atoms. The van der Waals surface area contributed by atoms with Gasteiger partial charge in [-0.15, -0.1) is 0 Å². The second kappa shape index (κ2) is 9.07. The average molecular weight is 397 g/mol. The first-order valence-electron chi connectivity index (χ1n) is 9.15. The van der Waals surface area contributed by atoms with Gasteiger partial charge in [0, 0.05) is 11.4 Å². The highest BCUT2D eigenvalue weighted by Crippen LogP contribution is 2.16. The summed E-state index contributed by atoms with van der Waals surface area (Å²) in [6.45, 7) is 2.56. The van der Waals surface area contributed by atoms with E-state index in [0.29, 0.717) is 34.7 Å². The molecule has 0 saturated heterocycles. The van der Waals surface area contributed by atoms with Crippen molar-refractivity contribution >= 4 is 34.2 Å². The fourth-order valence-corrected chi connectivity index (χ4v) is 2.87. The van der Waals surface area contributed by atoms with Crippen LogP contribution >= 0.6 is 0 Å². The summed E-state index contributed by atoms with van der Waals surface area (Å²) in [5.41, 5.74) is 2.20. The van der Waals surface area contributed by atoms with Crippen molar-refractivity contribution in [1.29, 1.82) is 0 Å². The summed E-state index contributed by atoms with van der Waals surface area (Å²) in [6.07, 6.45) is 0. The van der Waals surface area contributed by atoms with E-state index >= 15 is 0 Å². The van der Waals surface area contributed by atoms with E-state index in [4.69, 9.17) is 4.74 Å². The maximum absolute atomic E-state index is 12.4. The lowest BCUT2D eigenvalue weighted by atomic mass is 10.2. The number of carbonyl (C=O) groups is 2. The molecule has 0 saturated carbocycles. The van der Waals surface area contributed by atoms with Crippen LogP contribution in [0.3, 0.4) is 0 Å². The normalized spacial score (nSPS) is 10.9. The smallest absolute Gasteiger partial charge is 0.323 e. The van der Waals surface area contributed by atoms with Gasteiger partial charge in [-0.25, -0.2) is 4.79 Å². The van der Waals surface area contributed by atoms with Crippen molar-refractivity contribution in [2.24, 2.45) is 0 Å². The van der Waals surface area contributed by atoms with Gasteiger partial charge in [-0.05, 0) is 49.0 Å². The van der Waals surface area contributed by atoms with E-state index in [-0.39, 0.29) is 30.6 Å². The third-order valence-electron chi connectivity index (χ3n) is 4.36. The van der Waals surface area contributed by atoms with E-state index in [2.05, 4.69) is 20.6 Å². The molecule has 1 aromatic heterocycles. The highest BCUT2D eigenvalue weighted by Gasteiger charge is 2.14. The van der Waals surface area contributed by atoms with E-state index in [1.165, 1.54) is 0 Å². The fraction of sp³-hybridized carbons (Fsp3) is 0.250. The number of ether oxygens (including phenoxy) is 1. The number of imidazole rings is 1. The zero-order valence-electron chi connectivity index (χ0n) is 16.2. The molecule has 3 aromatic rings. The summed E-state index contributed by atoms with van der Waals surface area (Å²) < 4.78 is 5.09. The molecular formula is C20H23N5O4. The zero-order valence-corrected chi connectivity index (χ0v) is 16.2. The fourth-order valence-electron chi connectivity index (χ4n) is 2.87. The standard InChI is InChI=1S/C20H23N5O4/c1-3-25(11-18(26)21-13-4-7-15(29-2)8-5-13)12-19(27)22-14-6-9-16-17(10-14)24-20(28)23-16/h4-10H,3,11-12H2,1-2H3,(H,21,26)(H,22,27)(H2,23,24,28). The number of aromatic amines is 2. The molecule has 0 aliphatic heterocycles. The number of hydrogen-bond acceptors (Lipinski definition) is 5. The number of fused-ring (bicyclic) bond motifs is 1. The number of nitrogens with zero attached hydrogens (tertiary/aromatic N) is 1. The second-order valence-electron chi connectivity index (χ2n) is 6.47. The molecule has 0 aliphatic rings. The van der Waals surface area contributed by atoms with Crippen LogP contribution < -0.4 is 21.1 Å². The Morgan fingerprint density at radius 3 is 2.14 bits per heavy atom. The van der Waals surface area contributed by atoms with Crippen LogP contribution in [0.1, 0.15) is 6.92 Å². The Hall–Kier alpha value is -3.59. The van der Waals surface area contributed by atoms with E-state index in [9.17, 15) is 14.4 Å². The van der Waals surface area contributed by atoms with E-state index in [1.54, 1.807) is 54.5 Å². The van der Waals surface area contributed by atoms with Gasteiger partial charge in [-0.3, -0.25) is 14.5 Å². The van der Waals surface area contributed by atoms with Gasteiger partial charge in [-0.1, -0.05) is 6.92 Å². The predicted octanol–water partition coefficient (Wildman–Crippen LogP) is 1.76. The first kappa shape index (κ1) is 20.2. The maximum atomic E-state index is 12.4. The van der Waals surface area contributed by atoms with Crippen LogP contribution in [0, 0.1) is 0 Å². The number of aromatic nitrogens is 2. The summed E-state index contributed by atoms with van der Waals surface area (Å²) in [6, 6.07) is 12.1. The molecule has 2 amide bonds. The van der Waals surface area contributed by atoms with Crippen molar-refractivity contribution in [1.82, 2.24) is 14.9 Å². The lowest BCUT2D eigenvalue weighted by Crippen LogP contribution is -2.38. The largest absolute Gasteiger partial charge is 0.497 e. The first-order valence-corrected chi connectivity index (χ1v) is 9.15. The first-order chi connectivity index (χ1) is 14.0. The van der Waals surface area contributed by atoms with Gasteiger partial charge in [0.05, 0.1) is 31.2 Å². The number of anilines is 2. The molecule has 0 radical (unpaired) electrons. The minimum Gasteiger partial charge on any atom is -0.497 e. The molecule has 0 spiro atoms. The van der Waals surface area contributed by atoms with Gasteiger partial charge in [0.25, 0.3) is 0 Å². The van der Waals surface area contributed by atoms with Crippen LogP contribution in [0.25, 0.3) is 11.0 Å². The molecule has 9 heteroatoms. The number of rotatable bonds is 8. The molecule has 0 fully saturated rings. The Labute approximate surface area is 167 Å². The molecule has 29 heavy (non-hydrogen) atoms. The summed E-state index contributed by atoms with van der Waals surface area (Å²) in [5, 5.41) is 5.58. The number of methoxy groups -OCH3 is 1. The maximum Gasteiger partial charge on any atom is 0.323 e. The minimum atomic E-state index is -0.302. The molecule has 0 aliphatic carbocycles. The molecule has 4 N–H and O–H groups in total. The minimum absolute atomic E-state index is 0.0637. The lowest BCUT2D eigenvalue weighted by Gasteiger charge is -2.19. The Bertz CT molecular complexity index is 1050. The number of likely N-dealkylation sites (N-methyl/N-ethyl adjacent to an activating group) is 1. The van der Waals surface area contributed by atoms with Crippen LogP contribution in [-0.4, -0.2) is 53.4 Å². The summed E-state index contributed by atoms with van der Waals surface area (Å²) >= 11 is 0. The molecule has 0 atom stereocenters. The van der Waals surface area contributed by atoms with Gasteiger partial charge in [0.15, 0.2) is 0 Å². The Morgan fingerprint density at radius 1 is 0.931 bits per heavy atom. The zero-order chi connectivity index (χ0) is 20.8. The van der Waals surface area contributed by atoms with Gasteiger partial charge in [0.2, 0.25) is 11.8 Å². The highest BCUT2D eigenvalue weighted by molar-refractivity contribution is 5.95. The van der Waals surface area contributed by atoms with Crippen molar-refractivity contribution in [2.75, 3.05) is 37.4 Å². The van der Waals surface area contributed by atoms with Gasteiger partial charge < -0.3 is 25.3 Å². The average Bonchev–Trinajstić information content (AvgIpc) is 3.07. The number of H-pyrrole nitrogens is 2. The van der Waals surface area contributed by atoms with Crippen molar-refractivity contribution in [3.63, 3.8) is 0 Å². The summed E-state index contributed by atoms with van der Waals surface area (Å²) in [4.78, 5) is 43.0. The number of carbonyl (C=O) groups excluding carboxylic acids is 2. The van der Waals surface area contributed by atoms with Gasteiger partial charge >= 0.3 is 5.69 Å². The summed E-state index contributed by atoms with van der Waals surface area (Å²) in [5.74, 6) is 0.245. The Morgan fingerprint density at radius 2 is 1.52 bits per heavy atom. The molecule has 3 rings (SSSR count). The van der Waals surface area contributed by atoms with E-state index < -0.39 is 0 Å². The van der Waals surface area contributed by atoms with Crippen molar-refractivity contribution < 1.29 is 14.3 Å². The molecule has 0 unspecified atom stereocenters. The number of amides is 2. The molecule has 9 nitrogen and oxygen atoms in total. The van der Waals surface area contributed by atoms with Gasteiger partial charge in [0.1, 0.15) is 5.75 Å².